The molecule has 2 rings (SSSR count). The average molecular weight is 313 g/mol. The third-order valence-electron chi connectivity index (χ3n) is 2.00. The van der Waals surface area contributed by atoms with Gasteiger partial charge in [-0.3, -0.25) is 4.79 Å². The lowest BCUT2D eigenvalue weighted by molar-refractivity contribution is 0.444. The smallest absolute Gasteiger partial charge is 0.255 e. The zero-order valence-corrected chi connectivity index (χ0v) is 11.1. The molecule has 0 saturated carbocycles. The number of rotatable bonds is 3. The van der Waals surface area contributed by atoms with Gasteiger partial charge in [-0.05, 0) is 17.7 Å². The van der Waals surface area contributed by atoms with Crippen LogP contribution in [-0.4, -0.2) is 15.1 Å². The van der Waals surface area contributed by atoms with Gasteiger partial charge in [0.2, 0.25) is 5.88 Å². The molecule has 1 aromatic heterocycles. The molecule has 0 fully saturated rings. The van der Waals surface area contributed by atoms with E-state index in [4.69, 9.17) is 0 Å². The SMILES string of the molecule is O=c1cc(O)nc(SCc2ccc(Br)cc2)[nH]1. The third-order valence-corrected chi connectivity index (χ3v) is 3.47. The van der Waals surface area contributed by atoms with Crippen molar-refractivity contribution in [1.29, 1.82) is 0 Å². The molecule has 2 aromatic rings. The number of halogens is 1. The van der Waals surface area contributed by atoms with Crippen LogP contribution < -0.4 is 5.56 Å². The van der Waals surface area contributed by atoms with E-state index in [0.29, 0.717) is 10.9 Å². The van der Waals surface area contributed by atoms with Crippen LogP contribution in [0.25, 0.3) is 0 Å². The molecule has 0 radical (unpaired) electrons. The van der Waals surface area contributed by atoms with Crippen molar-refractivity contribution >= 4 is 27.7 Å². The Morgan fingerprint density at radius 1 is 1.35 bits per heavy atom. The van der Waals surface area contributed by atoms with Crippen LogP contribution in [0.2, 0.25) is 0 Å². The Morgan fingerprint density at radius 3 is 2.71 bits per heavy atom. The number of nitrogens with one attached hydrogen (secondary N) is 1. The third kappa shape index (κ3) is 3.61. The molecule has 88 valence electrons. The maximum absolute atomic E-state index is 11.1. The summed E-state index contributed by atoms with van der Waals surface area (Å²) in [7, 11) is 0. The molecule has 0 amide bonds. The monoisotopic (exact) mass is 312 g/mol. The van der Waals surface area contributed by atoms with Gasteiger partial charge in [0.25, 0.3) is 5.56 Å². The molecule has 0 saturated heterocycles. The predicted octanol–water partition coefficient (Wildman–Crippen LogP) is 2.53. The summed E-state index contributed by atoms with van der Waals surface area (Å²) in [4.78, 5) is 17.5. The van der Waals surface area contributed by atoms with Gasteiger partial charge in [-0.2, -0.15) is 4.98 Å². The number of thioether (sulfide) groups is 1. The first-order chi connectivity index (χ1) is 8.13. The highest BCUT2D eigenvalue weighted by molar-refractivity contribution is 9.10. The quantitative estimate of drug-likeness (QED) is 0.675. The number of aromatic nitrogens is 2. The standard InChI is InChI=1S/C11H9BrN2O2S/c12-8-3-1-7(2-4-8)6-17-11-13-9(15)5-10(16)14-11/h1-5H,6H2,(H2,13,14,15,16). The van der Waals surface area contributed by atoms with E-state index >= 15 is 0 Å². The second-order valence-corrected chi connectivity index (χ2v) is 5.20. The minimum absolute atomic E-state index is 0.257. The molecule has 0 aliphatic carbocycles. The van der Waals surface area contributed by atoms with E-state index in [0.717, 1.165) is 16.1 Å². The van der Waals surface area contributed by atoms with Crippen LogP contribution >= 0.6 is 27.7 Å². The molecule has 1 heterocycles. The molecular weight excluding hydrogens is 304 g/mol. The highest BCUT2D eigenvalue weighted by Crippen LogP contribution is 2.20. The highest BCUT2D eigenvalue weighted by Gasteiger charge is 2.01. The van der Waals surface area contributed by atoms with Crippen LogP contribution in [0.3, 0.4) is 0 Å². The van der Waals surface area contributed by atoms with Crippen LogP contribution in [0.15, 0.2) is 44.8 Å². The summed E-state index contributed by atoms with van der Waals surface area (Å²) < 4.78 is 1.02. The summed E-state index contributed by atoms with van der Waals surface area (Å²) in [5.74, 6) is 0.423. The molecule has 0 atom stereocenters. The predicted molar refractivity (Wildman–Crippen MR) is 70.2 cm³/mol. The van der Waals surface area contributed by atoms with Gasteiger partial charge in [-0.15, -0.1) is 0 Å². The van der Waals surface area contributed by atoms with Crippen molar-refractivity contribution in [2.24, 2.45) is 0 Å². The fourth-order valence-corrected chi connectivity index (χ4v) is 2.31. The minimum Gasteiger partial charge on any atom is -0.493 e. The first-order valence-corrected chi connectivity index (χ1v) is 6.59. The van der Waals surface area contributed by atoms with Gasteiger partial charge >= 0.3 is 0 Å². The fraction of sp³-hybridized carbons (Fsp3) is 0.0909. The van der Waals surface area contributed by atoms with Crippen molar-refractivity contribution in [3.05, 3.63) is 50.7 Å². The lowest BCUT2D eigenvalue weighted by Gasteiger charge is -2.01. The minimum atomic E-state index is -0.351. The number of nitrogens with zero attached hydrogens (tertiary/aromatic N) is 1. The van der Waals surface area contributed by atoms with Crippen molar-refractivity contribution < 1.29 is 5.11 Å². The van der Waals surface area contributed by atoms with Crippen molar-refractivity contribution in [2.45, 2.75) is 10.9 Å². The number of hydrogen-bond donors (Lipinski definition) is 2. The number of benzene rings is 1. The van der Waals surface area contributed by atoms with Gasteiger partial charge in [0.05, 0.1) is 6.07 Å². The number of aromatic amines is 1. The van der Waals surface area contributed by atoms with Gasteiger partial charge in [-0.25, -0.2) is 0 Å². The van der Waals surface area contributed by atoms with Crippen molar-refractivity contribution in [3.63, 3.8) is 0 Å². The molecule has 0 bridgehead atoms. The van der Waals surface area contributed by atoms with Gasteiger partial charge in [0, 0.05) is 10.2 Å². The van der Waals surface area contributed by atoms with Gasteiger partial charge in [0.15, 0.2) is 5.16 Å². The van der Waals surface area contributed by atoms with Gasteiger partial charge < -0.3 is 10.1 Å². The second kappa shape index (κ2) is 5.37. The van der Waals surface area contributed by atoms with E-state index in [1.165, 1.54) is 11.8 Å². The number of H-pyrrole nitrogens is 1. The molecule has 0 unspecified atom stereocenters. The zero-order chi connectivity index (χ0) is 12.3. The van der Waals surface area contributed by atoms with E-state index < -0.39 is 0 Å². The summed E-state index contributed by atoms with van der Waals surface area (Å²) in [6, 6.07) is 8.92. The number of hydrogen-bond acceptors (Lipinski definition) is 4. The molecule has 17 heavy (non-hydrogen) atoms. The summed E-state index contributed by atoms with van der Waals surface area (Å²) in [6.45, 7) is 0. The normalized spacial score (nSPS) is 10.4. The molecular formula is C11H9BrN2O2S. The molecule has 6 heteroatoms. The van der Waals surface area contributed by atoms with Crippen LogP contribution in [0.5, 0.6) is 5.88 Å². The summed E-state index contributed by atoms with van der Waals surface area (Å²) >= 11 is 4.73. The maximum Gasteiger partial charge on any atom is 0.255 e. The lowest BCUT2D eigenvalue weighted by Crippen LogP contribution is -2.05. The largest absolute Gasteiger partial charge is 0.493 e. The number of aromatic hydroxyl groups is 1. The zero-order valence-electron chi connectivity index (χ0n) is 8.68. The van der Waals surface area contributed by atoms with Crippen LogP contribution in [-0.2, 0) is 5.75 Å². The van der Waals surface area contributed by atoms with E-state index in [9.17, 15) is 9.90 Å². The Hall–Kier alpha value is -1.27. The molecule has 0 aliphatic rings. The van der Waals surface area contributed by atoms with Gasteiger partial charge in [0.1, 0.15) is 0 Å². The van der Waals surface area contributed by atoms with Crippen LogP contribution in [0, 0.1) is 0 Å². The van der Waals surface area contributed by atoms with Crippen molar-refractivity contribution in [3.8, 4) is 5.88 Å². The first kappa shape index (κ1) is 12.2. The first-order valence-electron chi connectivity index (χ1n) is 4.81. The Morgan fingerprint density at radius 2 is 2.06 bits per heavy atom. The van der Waals surface area contributed by atoms with E-state index in [-0.39, 0.29) is 11.4 Å². The molecule has 0 aliphatic heterocycles. The lowest BCUT2D eigenvalue weighted by atomic mass is 10.2. The van der Waals surface area contributed by atoms with E-state index in [2.05, 4.69) is 25.9 Å². The Bertz CT molecular complexity index is 568. The average Bonchev–Trinajstić information content (AvgIpc) is 2.27. The Labute approximate surface area is 110 Å². The topological polar surface area (TPSA) is 66.0 Å². The fourth-order valence-electron chi connectivity index (χ4n) is 1.22. The van der Waals surface area contributed by atoms with Crippen molar-refractivity contribution in [2.75, 3.05) is 0 Å². The Balaban J connectivity index is 2.07. The van der Waals surface area contributed by atoms with Crippen LogP contribution in [0.4, 0.5) is 0 Å². The van der Waals surface area contributed by atoms with Gasteiger partial charge in [-0.1, -0.05) is 39.8 Å². The van der Waals surface area contributed by atoms with E-state index in [1.54, 1.807) is 0 Å². The molecule has 4 nitrogen and oxygen atoms in total. The Kier molecular flexibility index (Phi) is 3.86. The van der Waals surface area contributed by atoms with Crippen LogP contribution in [0.1, 0.15) is 5.56 Å². The maximum atomic E-state index is 11.1. The second-order valence-electron chi connectivity index (χ2n) is 3.32. The highest BCUT2D eigenvalue weighted by atomic mass is 79.9. The molecule has 1 aromatic carbocycles. The van der Waals surface area contributed by atoms with E-state index in [1.807, 2.05) is 24.3 Å². The van der Waals surface area contributed by atoms with Crippen molar-refractivity contribution in [1.82, 2.24) is 9.97 Å². The molecule has 0 spiro atoms. The molecule has 2 N–H and O–H groups in total. The summed E-state index contributed by atoms with van der Waals surface area (Å²) in [5, 5.41) is 9.59. The summed E-state index contributed by atoms with van der Waals surface area (Å²) in [6.07, 6.45) is 0. The summed E-state index contributed by atoms with van der Waals surface area (Å²) in [5.41, 5.74) is 0.764.